The molecule has 1 amide bonds. The van der Waals surface area contributed by atoms with Gasteiger partial charge in [0, 0.05) is 12.2 Å². The number of hydrogen-bond acceptors (Lipinski definition) is 2. The number of aryl methyl sites for hydroxylation is 1. The summed E-state index contributed by atoms with van der Waals surface area (Å²) in [6.45, 7) is 1.73. The van der Waals surface area contributed by atoms with Gasteiger partial charge < -0.3 is 10.4 Å². The molecule has 1 unspecified atom stereocenters. The predicted molar refractivity (Wildman–Crippen MR) is 84.1 cm³/mol. The minimum Gasteiger partial charge on any atom is -0.396 e. The highest BCUT2D eigenvalue weighted by molar-refractivity contribution is 5.94. The van der Waals surface area contributed by atoms with Crippen molar-refractivity contribution in [3.63, 3.8) is 0 Å². The Balaban J connectivity index is 2.15. The van der Waals surface area contributed by atoms with Gasteiger partial charge in [-0.15, -0.1) is 0 Å². The second-order valence-electron chi connectivity index (χ2n) is 5.27. The summed E-state index contributed by atoms with van der Waals surface area (Å²) in [4.78, 5) is 12.3. The molecule has 116 valence electrons. The number of carbonyl (C=O) groups is 1. The average Bonchev–Trinajstić information content (AvgIpc) is 2.54. The molecule has 0 saturated carbocycles. The van der Waals surface area contributed by atoms with Crippen molar-refractivity contribution in [1.29, 1.82) is 0 Å². The van der Waals surface area contributed by atoms with Crippen LogP contribution in [0.15, 0.2) is 48.5 Å². The topological polar surface area (TPSA) is 49.3 Å². The number of hydrogen-bond donors (Lipinski definition) is 2. The third-order valence-electron chi connectivity index (χ3n) is 3.59. The molecule has 22 heavy (non-hydrogen) atoms. The van der Waals surface area contributed by atoms with Crippen LogP contribution in [0, 0.1) is 12.7 Å². The Bertz CT molecular complexity index is 628. The number of benzene rings is 2. The number of carbonyl (C=O) groups excluding carboxylic acids is 1. The normalized spacial score (nSPS) is 12.0. The van der Waals surface area contributed by atoms with E-state index >= 15 is 0 Å². The highest BCUT2D eigenvalue weighted by Crippen LogP contribution is 2.19. The lowest BCUT2D eigenvalue weighted by Gasteiger charge is -2.19. The molecule has 0 radical (unpaired) electrons. The number of halogens is 1. The first-order chi connectivity index (χ1) is 10.6. The van der Waals surface area contributed by atoms with Crippen LogP contribution in [0.25, 0.3) is 0 Å². The van der Waals surface area contributed by atoms with Crippen molar-refractivity contribution < 1.29 is 14.3 Å². The smallest absolute Gasteiger partial charge is 0.251 e. The van der Waals surface area contributed by atoms with Crippen LogP contribution in [0.3, 0.4) is 0 Å². The van der Waals surface area contributed by atoms with Crippen molar-refractivity contribution in [2.75, 3.05) is 6.61 Å². The van der Waals surface area contributed by atoms with E-state index in [2.05, 4.69) is 5.32 Å². The third kappa shape index (κ3) is 4.15. The fourth-order valence-electron chi connectivity index (χ4n) is 2.28. The van der Waals surface area contributed by atoms with Crippen molar-refractivity contribution in [1.82, 2.24) is 5.32 Å². The number of rotatable bonds is 6. The molecule has 0 aliphatic carbocycles. The molecule has 0 spiro atoms. The van der Waals surface area contributed by atoms with E-state index in [1.807, 2.05) is 30.3 Å². The van der Waals surface area contributed by atoms with E-state index in [-0.39, 0.29) is 24.4 Å². The fraction of sp³-hybridized carbons (Fsp3) is 0.278. The van der Waals surface area contributed by atoms with Gasteiger partial charge >= 0.3 is 0 Å². The number of aliphatic hydroxyl groups excluding tert-OH is 1. The van der Waals surface area contributed by atoms with Gasteiger partial charge in [0.15, 0.2) is 0 Å². The van der Waals surface area contributed by atoms with Gasteiger partial charge in [-0.05, 0) is 43.0 Å². The molecule has 0 aliphatic heterocycles. The summed E-state index contributed by atoms with van der Waals surface area (Å²) in [5.74, 6) is -0.704. The van der Waals surface area contributed by atoms with Gasteiger partial charge in [0.2, 0.25) is 0 Å². The van der Waals surface area contributed by atoms with Crippen LogP contribution in [0.5, 0.6) is 0 Å². The Labute approximate surface area is 129 Å². The van der Waals surface area contributed by atoms with Crippen LogP contribution in [0.1, 0.15) is 40.4 Å². The van der Waals surface area contributed by atoms with Crippen LogP contribution in [-0.2, 0) is 0 Å². The first kappa shape index (κ1) is 16.2. The Kier molecular flexibility index (Phi) is 5.67. The molecular formula is C18H20FNO2. The van der Waals surface area contributed by atoms with E-state index in [1.165, 1.54) is 6.07 Å². The minimum atomic E-state index is -0.390. The molecule has 2 N–H and O–H groups in total. The van der Waals surface area contributed by atoms with Crippen molar-refractivity contribution in [2.45, 2.75) is 25.8 Å². The highest BCUT2D eigenvalue weighted by Gasteiger charge is 2.16. The molecule has 0 saturated heterocycles. The lowest BCUT2D eigenvalue weighted by molar-refractivity contribution is 0.0932. The Morgan fingerprint density at radius 1 is 1.23 bits per heavy atom. The van der Waals surface area contributed by atoms with Gasteiger partial charge in [0.05, 0.1) is 6.04 Å². The molecule has 4 heteroatoms. The van der Waals surface area contributed by atoms with Crippen LogP contribution in [0.2, 0.25) is 0 Å². The molecule has 0 fully saturated rings. The van der Waals surface area contributed by atoms with Gasteiger partial charge in [-0.3, -0.25) is 4.79 Å². The van der Waals surface area contributed by atoms with E-state index in [0.29, 0.717) is 24.0 Å². The second kappa shape index (κ2) is 7.71. The van der Waals surface area contributed by atoms with Crippen LogP contribution < -0.4 is 5.32 Å². The summed E-state index contributed by atoms with van der Waals surface area (Å²) in [6.07, 6.45) is 1.21. The number of amides is 1. The van der Waals surface area contributed by atoms with Crippen LogP contribution >= 0.6 is 0 Å². The van der Waals surface area contributed by atoms with E-state index in [0.717, 1.165) is 5.56 Å². The predicted octanol–water partition coefficient (Wildman–Crippen LogP) is 3.38. The average molecular weight is 301 g/mol. The lowest BCUT2D eigenvalue weighted by Crippen LogP contribution is -2.28. The van der Waals surface area contributed by atoms with Crippen LogP contribution in [-0.4, -0.2) is 17.6 Å². The largest absolute Gasteiger partial charge is 0.396 e. The van der Waals surface area contributed by atoms with Gasteiger partial charge in [0.1, 0.15) is 5.82 Å². The van der Waals surface area contributed by atoms with E-state index in [9.17, 15) is 9.18 Å². The Morgan fingerprint density at radius 2 is 1.95 bits per heavy atom. The Morgan fingerprint density at radius 3 is 2.59 bits per heavy atom. The highest BCUT2D eigenvalue weighted by atomic mass is 19.1. The summed E-state index contributed by atoms with van der Waals surface area (Å²) in [6, 6.07) is 13.8. The molecule has 2 rings (SSSR count). The third-order valence-corrected chi connectivity index (χ3v) is 3.59. The first-order valence-corrected chi connectivity index (χ1v) is 7.34. The first-order valence-electron chi connectivity index (χ1n) is 7.34. The van der Waals surface area contributed by atoms with Gasteiger partial charge in [0.25, 0.3) is 5.91 Å². The molecule has 1 atom stereocenters. The summed E-state index contributed by atoms with van der Waals surface area (Å²) in [5, 5.41) is 11.9. The second-order valence-corrected chi connectivity index (χ2v) is 5.27. The van der Waals surface area contributed by atoms with Crippen molar-refractivity contribution in [2.24, 2.45) is 0 Å². The summed E-state index contributed by atoms with van der Waals surface area (Å²) >= 11 is 0. The standard InChI is InChI=1S/C18H20FNO2/c1-13-9-10-15(12-16(13)19)18(22)20-17(8-5-11-21)14-6-3-2-4-7-14/h2-4,6-7,9-10,12,17,21H,5,8,11H2,1H3,(H,20,22). The zero-order valence-corrected chi connectivity index (χ0v) is 12.6. The monoisotopic (exact) mass is 301 g/mol. The molecule has 3 nitrogen and oxygen atoms in total. The van der Waals surface area contributed by atoms with E-state index in [1.54, 1.807) is 19.1 Å². The molecule has 0 heterocycles. The lowest BCUT2D eigenvalue weighted by atomic mass is 10.0. The molecule has 2 aromatic rings. The van der Waals surface area contributed by atoms with Gasteiger partial charge in [-0.2, -0.15) is 0 Å². The number of nitrogens with one attached hydrogen (secondary N) is 1. The van der Waals surface area contributed by atoms with Crippen molar-refractivity contribution in [3.05, 3.63) is 71.0 Å². The maximum Gasteiger partial charge on any atom is 0.251 e. The fourth-order valence-corrected chi connectivity index (χ4v) is 2.28. The van der Waals surface area contributed by atoms with Crippen LogP contribution in [0.4, 0.5) is 4.39 Å². The summed E-state index contributed by atoms with van der Waals surface area (Å²) < 4.78 is 13.6. The Hall–Kier alpha value is -2.20. The molecular weight excluding hydrogens is 281 g/mol. The van der Waals surface area contributed by atoms with Gasteiger partial charge in [-0.1, -0.05) is 36.4 Å². The maximum absolute atomic E-state index is 13.6. The van der Waals surface area contributed by atoms with E-state index < -0.39 is 0 Å². The minimum absolute atomic E-state index is 0.0678. The summed E-state index contributed by atoms with van der Waals surface area (Å²) in [7, 11) is 0. The summed E-state index contributed by atoms with van der Waals surface area (Å²) in [5.41, 5.74) is 1.78. The zero-order chi connectivity index (χ0) is 15.9. The quantitative estimate of drug-likeness (QED) is 0.859. The number of aliphatic hydroxyl groups is 1. The van der Waals surface area contributed by atoms with Gasteiger partial charge in [-0.25, -0.2) is 4.39 Å². The molecule has 0 aromatic heterocycles. The van der Waals surface area contributed by atoms with E-state index in [4.69, 9.17) is 5.11 Å². The SMILES string of the molecule is Cc1ccc(C(=O)NC(CCCO)c2ccccc2)cc1F. The molecule has 0 bridgehead atoms. The molecule has 0 aliphatic rings. The van der Waals surface area contributed by atoms with Crippen molar-refractivity contribution >= 4 is 5.91 Å². The van der Waals surface area contributed by atoms with Crippen molar-refractivity contribution in [3.8, 4) is 0 Å². The zero-order valence-electron chi connectivity index (χ0n) is 12.6. The maximum atomic E-state index is 13.6. The molecule has 2 aromatic carbocycles.